The highest BCUT2D eigenvalue weighted by atomic mass is 32.1. The fourth-order valence-electron chi connectivity index (χ4n) is 2.98. The lowest BCUT2D eigenvalue weighted by Gasteiger charge is -2.35. The number of benzene rings is 1. The van der Waals surface area contributed by atoms with E-state index in [1.54, 1.807) is 6.07 Å². The van der Waals surface area contributed by atoms with Crippen LogP contribution in [0.15, 0.2) is 29.6 Å². The summed E-state index contributed by atoms with van der Waals surface area (Å²) in [5.74, 6) is -0.183. The molecule has 0 saturated heterocycles. The second-order valence-corrected chi connectivity index (χ2v) is 6.34. The van der Waals surface area contributed by atoms with E-state index in [4.69, 9.17) is 5.73 Å². The van der Waals surface area contributed by atoms with Gasteiger partial charge in [0, 0.05) is 30.6 Å². The van der Waals surface area contributed by atoms with Gasteiger partial charge in [-0.2, -0.15) is 0 Å². The molecule has 3 rings (SSSR count). The first kappa shape index (κ1) is 13.7. The molecule has 0 spiro atoms. The Morgan fingerprint density at radius 3 is 3.05 bits per heavy atom. The molecule has 2 heterocycles. The molecular formula is C16H19FN2S. The Hall–Kier alpha value is -1.23. The van der Waals surface area contributed by atoms with Crippen LogP contribution in [0.2, 0.25) is 0 Å². The molecule has 2 nitrogen and oxygen atoms in total. The van der Waals surface area contributed by atoms with Crippen LogP contribution in [0.3, 0.4) is 0 Å². The first-order valence-corrected chi connectivity index (χ1v) is 7.82. The van der Waals surface area contributed by atoms with Crippen molar-refractivity contribution in [2.75, 3.05) is 13.1 Å². The average molecular weight is 290 g/mol. The fourth-order valence-corrected chi connectivity index (χ4v) is 3.87. The Morgan fingerprint density at radius 1 is 1.40 bits per heavy atom. The van der Waals surface area contributed by atoms with Crippen molar-refractivity contribution in [2.45, 2.75) is 25.9 Å². The van der Waals surface area contributed by atoms with Crippen molar-refractivity contribution in [2.24, 2.45) is 5.73 Å². The van der Waals surface area contributed by atoms with E-state index >= 15 is 0 Å². The molecule has 4 heteroatoms. The zero-order valence-electron chi connectivity index (χ0n) is 11.6. The van der Waals surface area contributed by atoms with E-state index in [1.807, 2.05) is 24.3 Å². The van der Waals surface area contributed by atoms with Crippen LogP contribution in [0.25, 0.3) is 0 Å². The molecule has 0 aliphatic carbocycles. The van der Waals surface area contributed by atoms with E-state index in [9.17, 15) is 4.39 Å². The number of rotatable bonds is 3. The molecule has 2 N–H and O–H groups in total. The zero-order valence-corrected chi connectivity index (χ0v) is 12.4. The van der Waals surface area contributed by atoms with Crippen molar-refractivity contribution in [3.8, 4) is 0 Å². The number of halogens is 1. The summed E-state index contributed by atoms with van der Waals surface area (Å²) in [6, 6.07) is 7.28. The highest BCUT2D eigenvalue weighted by Crippen LogP contribution is 2.31. The third kappa shape index (κ3) is 2.51. The number of hydrogen-bond donors (Lipinski definition) is 1. The molecule has 0 fully saturated rings. The van der Waals surface area contributed by atoms with Gasteiger partial charge >= 0.3 is 0 Å². The molecular weight excluding hydrogens is 271 g/mol. The van der Waals surface area contributed by atoms with Gasteiger partial charge in [0.05, 0.1) is 0 Å². The SMILES string of the molecule is Cc1ccc(F)cc1C(CN)N1CCc2sccc2C1. The molecule has 1 aromatic heterocycles. The predicted molar refractivity (Wildman–Crippen MR) is 81.4 cm³/mol. The minimum absolute atomic E-state index is 0.0961. The van der Waals surface area contributed by atoms with E-state index in [2.05, 4.69) is 16.3 Å². The summed E-state index contributed by atoms with van der Waals surface area (Å²) < 4.78 is 13.5. The molecule has 106 valence electrons. The molecule has 1 aromatic carbocycles. The summed E-state index contributed by atoms with van der Waals surface area (Å²) in [4.78, 5) is 3.85. The minimum atomic E-state index is -0.183. The van der Waals surface area contributed by atoms with Crippen LogP contribution in [0, 0.1) is 12.7 Å². The maximum atomic E-state index is 13.5. The van der Waals surface area contributed by atoms with Gasteiger partial charge < -0.3 is 5.73 Å². The lowest BCUT2D eigenvalue weighted by Crippen LogP contribution is -2.37. The molecule has 2 aromatic rings. The lowest BCUT2D eigenvalue weighted by atomic mass is 9.97. The van der Waals surface area contributed by atoms with E-state index in [0.29, 0.717) is 6.54 Å². The van der Waals surface area contributed by atoms with Gasteiger partial charge in [-0.25, -0.2) is 4.39 Å². The Kier molecular flexibility index (Phi) is 3.87. The van der Waals surface area contributed by atoms with Gasteiger partial charge in [-0.05, 0) is 53.6 Å². The first-order chi connectivity index (χ1) is 9.69. The Balaban J connectivity index is 1.89. The summed E-state index contributed by atoms with van der Waals surface area (Å²) >= 11 is 1.83. The molecule has 1 atom stereocenters. The summed E-state index contributed by atoms with van der Waals surface area (Å²) in [5.41, 5.74) is 9.51. The first-order valence-electron chi connectivity index (χ1n) is 6.94. The molecule has 0 bridgehead atoms. The van der Waals surface area contributed by atoms with Crippen molar-refractivity contribution < 1.29 is 4.39 Å². The van der Waals surface area contributed by atoms with Gasteiger partial charge in [-0.1, -0.05) is 6.07 Å². The van der Waals surface area contributed by atoms with Crippen molar-refractivity contribution in [1.82, 2.24) is 4.90 Å². The molecule has 0 saturated carbocycles. The Morgan fingerprint density at radius 2 is 2.25 bits per heavy atom. The van der Waals surface area contributed by atoms with Crippen LogP contribution in [-0.4, -0.2) is 18.0 Å². The summed E-state index contributed by atoms with van der Waals surface area (Å²) in [6.07, 6.45) is 1.07. The largest absolute Gasteiger partial charge is 0.329 e. The van der Waals surface area contributed by atoms with Gasteiger partial charge in [0.15, 0.2) is 0 Å². The summed E-state index contributed by atoms with van der Waals surface area (Å²) in [5, 5.41) is 2.15. The van der Waals surface area contributed by atoms with E-state index in [0.717, 1.165) is 30.6 Å². The highest BCUT2D eigenvalue weighted by molar-refractivity contribution is 7.10. The van der Waals surface area contributed by atoms with Crippen molar-refractivity contribution in [3.05, 3.63) is 57.0 Å². The molecule has 0 radical (unpaired) electrons. The zero-order chi connectivity index (χ0) is 14.1. The maximum absolute atomic E-state index is 13.5. The third-order valence-electron chi connectivity index (χ3n) is 4.10. The van der Waals surface area contributed by atoms with Crippen LogP contribution in [0.5, 0.6) is 0 Å². The van der Waals surface area contributed by atoms with Crippen LogP contribution >= 0.6 is 11.3 Å². The second-order valence-electron chi connectivity index (χ2n) is 5.34. The normalized spacial score (nSPS) is 16.9. The summed E-state index contributed by atoms with van der Waals surface area (Å²) in [7, 11) is 0. The van der Waals surface area contributed by atoms with Gasteiger partial charge in [0.1, 0.15) is 5.82 Å². The minimum Gasteiger partial charge on any atom is -0.329 e. The number of hydrogen-bond acceptors (Lipinski definition) is 3. The number of aryl methyl sites for hydroxylation is 1. The van der Waals surface area contributed by atoms with Crippen LogP contribution in [0.1, 0.15) is 27.6 Å². The summed E-state index contributed by atoms with van der Waals surface area (Å²) in [6.45, 7) is 4.45. The van der Waals surface area contributed by atoms with E-state index in [1.165, 1.54) is 16.5 Å². The molecule has 1 aliphatic rings. The lowest BCUT2D eigenvalue weighted by molar-refractivity contribution is 0.184. The van der Waals surface area contributed by atoms with E-state index in [-0.39, 0.29) is 11.9 Å². The van der Waals surface area contributed by atoms with Crippen LogP contribution < -0.4 is 5.73 Å². The second kappa shape index (κ2) is 5.64. The highest BCUT2D eigenvalue weighted by Gasteiger charge is 2.25. The van der Waals surface area contributed by atoms with Crippen molar-refractivity contribution >= 4 is 11.3 Å². The van der Waals surface area contributed by atoms with Crippen LogP contribution in [-0.2, 0) is 13.0 Å². The topological polar surface area (TPSA) is 29.3 Å². The van der Waals surface area contributed by atoms with E-state index < -0.39 is 0 Å². The quantitative estimate of drug-likeness (QED) is 0.940. The number of fused-ring (bicyclic) bond motifs is 1. The van der Waals surface area contributed by atoms with Crippen molar-refractivity contribution in [3.63, 3.8) is 0 Å². The number of nitrogens with two attached hydrogens (primary N) is 1. The van der Waals surface area contributed by atoms with Gasteiger partial charge in [0.2, 0.25) is 0 Å². The Bertz CT molecular complexity index is 608. The van der Waals surface area contributed by atoms with Crippen LogP contribution in [0.4, 0.5) is 4.39 Å². The average Bonchev–Trinajstić information content (AvgIpc) is 2.91. The van der Waals surface area contributed by atoms with Gasteiger partial charge in [-0.15, -0.1) is 11.3 Å². The smallest absolute Gasteiger partial charge is 0.123 e. The van der Waals surface area contributed by atoms with Crippen molar-refractivity contribution in [1.29, 1.82) is 0 Å². The fraction of sp³-hybridized carbons (Fsp3) is 0.375. The molecule has 1 aliphatic heterocycles. The molecule has 0 amide bonds. The number of nitrogens with zero attached hydrogens (tertiary/aromatic N) is 1. The molecule has 20 heavy (non-hydrogen) atoms. The standard InChI is InChI=1S/C16H19FN2S/c1-11-2-3-13(17)8-14(11)15(9-18)19-6-4-16-12(10-19)5-7-20-16/h2-3,5,7-8,15H,4,6,9-10,18H2,1H3. The Labute approximate surface area is 123 Å². The van der Waals surface area contributed by atoms with Gasteiger partial charge in [0.25, 0.3) is 0 Å². The third-order valence-corrected chi connectivity index (χ3v) is 5.12. The maximum Gasteiger partial charge on any atom is 0.123 e. The monoisotopic (exact) mass is 290 g/mol. The number of thiophene rings is 1. The van der Waals surface area contributed by atoms with Gasteiger partial charge in [-0.3, -0.25) is 4.90 Å². The molecule has 1 unspecified atom stereocenters. The predicted octanol–water partition coefficient (Wildman–Crippen LogP) is 3.25.